The standard InChI is InChI=1S/C15H19ClN2OS/c1-2-7-18-14(19)12-4-3-11(16)10-13(12)17-15(18)5-8-20-9-6-15/h3-4,10,17H,2,5-9H2,1H3. The summed E-state index contributed by atoms with van der Waals surface area (Å²) in [7, 11) is 0. The Balaban J connectivity index is 2.04. The average Bonchev–Trinajstić information content (AvgIpc) is 2.44. The third kappa shape index (κ3) is 2.29. The Bertz CT molecular complexity index is 529. The number of nitrogens with one attached hydrogen (secondary N) is 1. The molecule has 1 spiro atoms. The van der Waals surface area contributed by atoms with Crippen LogP contribution in [0, 0.1) is 0 Å². The van der Waals surface area contributed by atoms with Crippen molar-refractivity contribution in [3.05, 3.63) is 28.8 Å². The van der Waals surface area contributed by atoms with Gasteiger partial charge in [-0.25, -0.2) is 0 Å². The highest BCUT2D eigenvalue weighted by atomic mass is 35.5. The summed E-state index contributed by atoms with van der Waals surface area (Å²) < 4.78 is 0. The smallest absolute Gasteiger partial charge is 0.257 e. The first-order valence-corrected chi connectivity index (χ1v) is 8.67. The molecule has 5 heteroatoms. The summed E-state index contributed by atoms with van der Waals surface area (Å²) in [5, 5.41) is 4.30. The molecule has 1 N–H and O–H groups in total. The minimum absolute atomic E-state index is 0.143. The fourth-order valence-electron chi connectivity index (χ4n) is 3.11. The second kappa shape index (κ2) is 5.49. The van der Waals surface area contributed by atoms with Gasteiger partial charge in [-0.2, -0.15) is 11.8 Å². The van der Waals surface area contributed by atoms with Crippen molar-refractivity contribution in [1.29, 1.82) is 0 Å². The van der Waals surface area contributed by atoms with Crippen LogP contribution < -0.4 is 5.32 Å². The van der Waals surface area contributed by atoms with Crippen molar-refractivity contribution in [2.75, 3.05) is 23.4 Å². The van der Waals surface area contributed by atoms with Gasteiger partial charge in [0.1, 0.15) is 5.66 Å². The Labute approximate surface area is 129 Å². The van der Waals surface area contributed by atoms with Gasteiger partial charge in [0.05, 0.1) is 11.3 Å². The van der Waals surface area contributed by atoms with Gasteiger partial charge in [0.2, 0.25) is 0 Å². The largest absolute Gasteiger partial charge is 0.362 e. The van der Waals surface area contributed by atoms with E-state index < -0.39 is 0 Å². The number of carbonyl (C=O) groups is 1. The Hall–Kier alpha value is -0.870. The van der Waals surface area contributed by atoms with Gasteiger partial charge in [-0.15, -0.1) is 0 Å². The lowest BCUT2D eigenvalue weighted by atomic mass is 9.93. The number of rotatable bonds is 2. The van der Waals surface area contributed by atoms with Crippen molar-refractivity contribution >= 4 is 35.0 Å². The van der Waals surface area contributed by atoms with Crippen molar-refractivity contribution in [3.8, 4) is 0 Å². The van der Waals surface area contributed by atoms with Crippen LogP contribution in [0.1, 0.15) is 36.5 Å². The quantitative estimate of drug-likeness (QED) is 0.900. The molecule has 20 heavy (non-hydrogen) atoms. The van der Waals surface area contributed by atoms with Gasteiger partial charge >= 0.3 is 0 Å². The number of halogens is 1. The lowest BCUT2D eigenvalue weighted by Gasteiger charge is -2.50. The zero-order valence-corrected chi connectivity index (χ0v) is 13.2. The van der Waals surface area contributed by atoms with E-state index in [4.69, 9.17) is 11.6 Å². The summed E-state index contributed by atoms with van der Waals surface area (Å²) >= 11 is 8.04. The summed E-state index contributed by atoms with van der Waals surface area (Å²) in [5.74, 6) is 2.33. The molecule has 1 amide bonds. The van der Waals surface area contributed by atoms with Gasteiger partial charge in [0.25, 0.3) is 5.91 Å². The second-order valence-electron chi connectivity index (χ2n) is 5.42. The van der Waals surface area contributed by atoms with Gasteiger partial charge in [0.15, 0.2) is 0 Å². The molecule has 0 bridgehead atoms. The highest BCUT2D eigenvalue weighted by molar-refractivity contribution is 7.99. The van der Waals surface area contributed by atoms with Crippen LogP contribution in [0.15, 0.2) is 18.2 Å². The predicted molar refractivity (Wildman–Crippen MR) is 85.7 cm³/mol. The number of anilines is 1. The van der Waals surface area contributed by atoms with Gasteiger partial charge in [0, 0.05) is 11.6 Å². The zero-order valence-electron chi connectivity index (χ0n) is 11.6. The molecule has 1 fully saturated rings. The molecule has 1 saturated heterocycles. The van der Waals surface area contributed by atoms with E-state index in [1.807, 2.05) is 28.8 Å². The topological polar surface area (TPSA) is 32.3 Å². The van der Waals surface area contributed by atoms with Crippen molar-refractivity contribution in [2.45, 2.75) is 31.8 Å². The molecular formula is C15H19ClN2OS. The normalized spacial score (nSPS) is 20.7. The van der Waals surface area contributed by atoms with E-state index in [0.717, 1.165) is 48.6 Å². The molecule has 0 unspecified atom stereocenters. The molecule has 3 nitrogen and oxygen atoms in total. The van der Waals surface area contributed by atoms with Crippen molar-refractivity contribution in [2.24, 2.45) is 0 Å². The molecule has 1 aromatic rings. The molecule has 0 saturated carbocycles. The van der Waals surface area contributed by atoms with Crippen LogP contribution in [-0.4, -0.2) is 34.5 Å². The Kier molecular flexibility index (Phi) is 3.87. The summed E-state index contributed by atoms with van der Waals surface area (Å²) in [6.07, 6.45) is 2.97. The maximum atomic E-state index is 12.8. The summed E-state index contributed by atoms with van der Waals surface area (Å²) in [5.41, 5.74) is 1.42. The van der Waals surface area contributed by atoms with Crippen molar-refractivity contribution < 1.29 is 4.79 Å². The van der Waals surface area contributed by atoms with E-state index in [9.17, 15) is 4.79 Å². The fourth-order valence-corrected chi connectivity index (χ4v) is 4.45. The first kappa shape index (κ1) is 14.1. The SMILES string of the molecule is CCCN1C(=O)c2ccc(Cl)cc2NC12CCSCC2. The predicted octanol–water partition coefficient (Wildman–Crippen LogP) is 3.84. The van der Waals surface area contributed by atoms with E-state index in [2.05, 4.69) is 12.2 Å². The maximum Gasteiger partial charge on any atom is 0.257 e. The van der Waals surface area contributed by atoms with Gasteiger partial charge < -0.3 is 10.2 Å². The van der Waals surface area contributed by atoms with Crippen molar-refractivity contribution in [3.63, 3.8) is 0 Å². The van der Waals surface area contributed by atoms with Crippen LogP contribution in [0.4, 0.5) is 5.69 Å². The van der Waals surface area contributed by atoms with Crippen molar-refractivity contribution in [1.82, 2.24) is 4.90 Å². The number of carbonyl (C=O) groups excluding carboxylic acids is 1. The molecule has 0 radical (unpaired) electrons. The van der Waals surface area contributed by atoms with Crippen LogP contribution in [0.3, 0.4) is 0 Å². The monoisotopic (exact) mass is 310 g/mol. The number of hydrogen-bond acceptors (Lipinski definition) is 3. The van der Waals surface area contributed by atoms with Crippen LogP contribution in [0.25, 0.3) is 0 Å². The van der Waals surface area contributed by atoms with Crippen LogP contribution in [-0.2, 0) is 0 Å². The number of nitrogens with zero attached hydrogens (tertiary/aromatic N) is 1. The lowest BCUT2D eigenvalue weighted by Crippen LogP contribution is -2.61. The third-order valence-corrected chi connectivity index (χ3v) is 5.33. The molecule has 2 aliphatic heterocycles. The minimum atomic E-state index is -0.212. The third-order valence-electron chi connectivity index (χ3n) is 4.11. The number of fused-ring (bicyclic) bond motifs is 1. The number of amides is 1. The Morgan fingerprint density at radius 2 is 2.15 bits per heavy atom. The molecule has 1 aromatic carbocycles. The summed E-state index contributed by atoms with van der Waals surface area (Å²) in [6, 6.07) is 5.50. The molecule has 108 valence electrons. The minimum Gasteiger partial charge on any atom is -0.362 e. The molecule has 2 heterocycles. The molecule has 2 aliphatic rings. The molecule has 0 aromatic heterocycles. The lowest BCUT2D eigenvalue weighted by molar-refractivity contribution is 0.0481. The van der Waals surface area contributed by atoms with Crippen LogP contribution >= 0.6 is 23.4 Å². The summed E-state index contributed by atoms with van der Waals surface area (Å²) in [6.45, 7) is 2.93. The van der Waals surface area contributed by atoms with Gasteiger partial charge in [-0.05, 0) is 49.0 Å². The highest BCUT2D eigenvalue weighted by Crippen LogP contribution is 2.40. The second-order valence-corrected chi connectivity index (χ2v) is 7.08. The van der Waals surface area contributed by atoms with E-state index in [1.165, 1.54) is 0 Å². The van der Waals surface area contributed by atoms with E-state index in [0.29, 0.717) is 5.02 Å². The Morgan fingerprint density at radius 3 is 2.85 bits per heavy atom. The highest BCUT2D eigenvalue weighted by Gasteiger charge is 2.44. The number of benzene rings is 1. The average molecular weight is 311 g/mol. The first-order chi connectivity index (χ1) is 9.66. The molecular weight excluding hydrogens is 292 g/mol. The fraction of sp³-hybridized carbons (Fsp3) is 0.533. The van der Waals surface area contributed by atoms with E-state index >= 15 is 0 Å². The van der Waals surface area contributed by atoms with Crippen LogP contribution in [0.5, 0.6) is 0 Å². The van der Waals surface area contributed by atoms with Gasteiger partial charge in [-0.1, -0.05) is 18.5 Å². The zero-order chi connectivity index (χ0) is 14.2. The Morgan fingerprint density at radius 1 is 1.40 bits per heavy atom. The molecule has 0 atom stereocenters. The number of hydrogen-bond donors (Lipinski definition) is 1. The van der Waals surface area contributed by atoms with E-state index in [-0.39, 0.29) is 11.6 Å². The molecule has 0 aliphatic carbocycles. The van der Waals surface area contributed by atoms with Gasteiger partial charge in [-0.3, -0.25) is 4.79 Å². The molecule has 3 rings (SSSR count). The number of thioether (sulfide) groups is 1. The maximum absolute atomic E-state index is 12.8. The first-order valence-electron chi connectivity index (χ1n) is 7.14. The summed E-state index contributed by atoms with van der Waals surface area (Å²) in [4.78, 5) is 14.9. The van der Waals surface area contributed by atoms with Crippen LogP contribution in [0.2, 0.25) is 5.02 Å². The van der Waals surface area contributed by atoms with E-state index in [1.54, 1.807) is 6.07 Å².